The molecule has 1 aliphatic heterocycles. The molecule has 0 atom stereocenters. The number of urea groups is 1. The van der Waals surface area contributed by atoms with Gasteiger partial charge >= 0.3 is 6.03 Å². The van der Waals surface area contributed by atoms with Crippen LogP contribution in [-0.4, -0.2) is 36.5 Å². The summed E-state index contributed by atoms with van der Waals surface area (Å²) >= 11 is 0. The standard InChI is InChI=1S/C17H25N3O2/c1-13(2)8-9-18-17(22)19-15-7-5-6-14(12-15)16(21)20-10-3-4-11-20/h5-7,12-13H,3-4,8-11H2,1-2H3,(H2,18,19,22). The molecule has 1 saturated heterocycles. The maximum Gasteiger partial charge on any atom is 0.319 e. The van der Waals surface area contributed by atoms with Crippen LogP contribution in [0.3, 0.4) is 0 Å². The maximum absolute atomic E-state index is 12.3. The van der Waals surface area contributed by atoms with E-state index in [0.717, 1.165) is 32.4 Å². The lowest BCUT2D eigenvalue weighted by Gasteiger charge is -2.16. The summed E-state index contributed by atoms with van der Waals surface area (Å²) in [5.41, 5.74) is 1.27. The van der Waals surface area contributed by atoms with E-state index in [9.17, 15) is 9.59 Å². The van der Waals surface area contributed by atoms with Crippen molar-refractivity contribution in [1.82, 2.24) is 10.2 Å². The van der Waals surface area contributed by atoms with Gasteiger partial charge in [0.1, 0.15) is 0 Å². The van der Waals surface area contributed by atoms with E-state index >= 15 is 0 Å². The van der Waals surface area contributed by atoms with Crippen LogP contribution in [0.15, 0.2) is 24.3 Å². The Morgan fingerprint density at radius 1 is 1.23 bits per heavy atom. The zero-order chi connectivity index (χ0) is 15.9. The normalized spacial score (nSPS) is 14.2. The quantitative estimate of drug-likeness (QED) is 0.878. The van der Waals surface area contributed by atoms with Crippen molar-refractivity contribution >= 4 is 17.6 Å². The maximum atomic E-state index is 12.3. The third-order valence-electron chi connectivity index (χ3n) is 3.77. The molecule has 2 N–H and O–H groups in total. The third-order valence-corrected chi connectivity index (χ3v) is 3.77. The van der Waals surface area contributed by atoms with Gasteiger partial charge in [-0.15, -0.1) is 0 Å². The van der Waals surface area contributed by atoms with Gasteiger partial charge in [0.25, 0.3) is 5.91 Å². The molecule has 1 aliphatic rings. The van der Waals surface area contributed by atoms with Gasteiger partial charge in [-0.2, -0.15) is 0 Å². The predicted octanol–water partition coefficient (Wildman–Crippen LogP) is 3.09. The molecule has 1 heterocycles. The van der Waals surface area contributed by atoms with E-state index in [1.165, 1.54) is 0 Å². The fraction of sp³-hybridized carbons (Fsp3) is 0.529. The molecule has 5 heteroatoms. The van der Waals surface area contributed by atoms with E-state index in [1.807, 2.05) is 4.90 Å². The van der Waals surface area contributed by atoms with Gasteiger partial charge in [-0.25, -0.2) is 4.79 Å². The van der Waals surface area contributed by atoms with Gasteiger partial charge in [0, 0.05) is 30.9 Å². The van der Waals surface area contributed by atoms with Crippen molar-refractivity contribution < 1.29 is 9.59 Å². The molecule has 0 radical (unpaired) electrons. The zero-order valence-electron chi connectivity index (χ0n) is 13.4. The summed E-state index contributed by atoms with van der Waals surface area (Å²) in [4.78, 5) is 26.0. The number of rotatable bonds is 5. The van der Waals surface area contributed by atoms with Gasteiger partial charge in [-0.05, 0) is 43.4 Å². The summed E-state index contributed by atoms with van der Waals surface area (Å²) in [5.74, 6) is 0.600. The third kappa shape index (κ3) is 4.76. The van der Waals surface area contributed by atoms with Crippen LogP contribution < -0.4 is 10.6 Å². The molecule has 2 rings (SSSR count). The van der Waals surface area contributed by atoms with Crippen molar-refractivity contribution in [3.63, 3.8) is 0 Å². The molecule has 1 aromatic rings. The Balaban J connectivity index is 1.90. The van der Waals surface area contributed by atoms with Crippen LogP contribution in [-0.2, 0) is 0 Å². The number of nitrogens with zero attached hydrogens (tertiary/aromatic N) is 1. The number of anilines is 1. The highest BCUT2D eigenvalue weighted by molar-refractivity contribution is 5.97. The molecular weight excluding hydrogens is 278 g/mol. The van der Waals surface area contributed by atoms with Crippen LogP contribution in [0.25, 0.3) is 0 Å². The number of nitrogens with one attached hydrogen (secondary N) is 2. The monoisotopic (exact) mass is 303 g/mol. The molecular formula is C17H25N3O2. The molecule has 5 nitrogen and oxygen atoms in total. The van der Waals surface area contributed by atoms with E-state index in [4.69, 9.17) is 0 Å². The average molecular weight is 303 g/mol. The van der Waals surface area contributed by atoms with Gasteiger partial charge in [0.2, 0.25) is 0 Å². The smallest absolute Gasteiger partial charge is 0.319 e. The second kappa shape index (κ2) is 7.82. The van der Waals surface area contributed by atoms with E-state index < -0.39 is 0 Å². The summed E-state index contributed by atoms with van der Waals surface area (Å²) < 4.78 is 0. The topological polar surface area (TPSA) is 61.4 Å². The SMILES string of the molecule is CC(C)CCNC(=O)Nc1cccc(C(=O)N2CCCC2)c1. The number of carbonyl (C=O) groups is 2. The Hall–Kier alpha value is -2.04. The molecule has 3 amide bonds. The number of likely N-dealkylation sites (tertiary alicyclic amines) is 1. The minimum atomic E-state index is -0.230. The van der Waals surface area contributed by atoms with Crippen LogP contribution in [0.2, 0.25) is 0 Å². The summed E-state index contributed by atoms with van der Waals surface area (Å²) in [6.45, 7) is 6.54. The van der Waals surface area contributed by atoms with Crippen LogP contribution in [0, 0.1) is 5.92 Å². The highest BCUT2D eigenvalue weighted by Gasteiger charge is 2.19. The molecule has 22 heavy (non-hydrogen) atoms. The molecule has 0 spiro atoms. The second-order valence-corrected chi connectivity index (χ2v) is 6.14. The van der Waals surface area contributed by atoms with Gasteiger partial charge in [-0.1, -0.05) is 19.9 Å². The Labute approximate surface area is 132 Å². The minimum absolute atomic E-state index is 0.0429. The minimum Gasteiger partial charge on any atom is -0.339 e. The first-order valence-corrected chi connectivity index (χ1v) is 8.00. The lowest BCUT2D eigenvalue weighted by molar-refractivity contribution is 0.0793. The highest BCUT2D eigenvalue weighted by atomic mass is 16.2. The number of benzene rings is 1. The van der Waals surface area contributed by atoms with Crippen LogP contribution in [0.1, 0.15) is 43.5 Å². The van der Waals surface area contributed by atoms with Crippen LogP contribution in [0.5, 0.6) is 0 Å². The lowest BCUT2D eigenvalue weighted by atomic mass is 10.1. The van der Waals surface area contributed by atoms with Gasteiger partial charge < -0.3 is 15.5 Å². The Morgan fingerprint density at radius 3 is 2.64 bits per heavy atom. The predicted molar refractivity (Wildman–Crippen MR) is 88.1 cm³/mol. The number of hydrogen-bond donors (Lipinski definition) is 2. The van der Waals surface area contributed by atoms with Crippen molar-refractivity contribution in [2.75, 3.05) is 25.0 Å². The Kier molecular flexibility index (Phi) is 5.81. The van der Waals surface area contributed by atoms with Gasteiger partial charge in [0.05, 0.1) is 0 Å². The summed E-state index contributed by atoms with van der Waals surface area (Å²) in [7, 11) is 0. The van der Waals surface area contributed by atoms with Crippen molar-refractivity contribution in [3.05, 3.63) is 29.8 Å². The summed E-state index contributed by atoms with van der Waals surface area (Å²) in [5, 5.41) is 5.60. The molecule has 1 aromatic carbocycles. The van der Waals surface area contributed by atoms with Gasteiger partial charge in [0.15, 0.2) is 0 Å². The fourth-order valence-electron chi connectivity index (χ4n) is 2.48. The van der Waals surface area contributed by atoms with E-state index in [0.29, 0.717) is 23.7 Å². The molecule has 0 aromatic heterocycles. The van der Waals surface area contributed by atoms with Crippen molar-refractivity contribution in [3.8, 4) is 0 Å². The van der Waals surface area contributed by atoms with E-state index in [1.54, 1.807) is 24.3 Å². The molecule has 0 bridgehead atoms. The number of carbonyl (C=O) groups excluding carboxylic acids is 2. The molecule has 120 valence electrons. The van der Waals surface area contributed by atoms with Crippen molar-refractivity contribution in [2.45, 2.75) is 33.1 Å². The van der Waals surface area contributed by atoms with E-state index in [-0.39, 0.29) is 11.9 Å². The van der Waals surface area contributed by atoms with Crippen molar-refractivity contribution in [1.29, 1.82) is 0 Å². The average Bonchev–Trinajstić information content (AvgIpc) is 3.00. The first-order chi connectivity index (χ1) is 10.6. The number of hydrogen-bond acceptors (Lipinski definition) is 2. The first-order valence-electron chi connectivity index (χ1n) is 8.00. The fourth-order valence-corrected chi connectivity index (χ4v) is 2.48. The number of amides is 3. The van der Waals surface area contributed by atoms with Crippen LogP contribution in [0.4, 0.5) is 10.5 Å². The van der Waals surface area contributed by atoms with Gasteiger partial charge in [-0.3, -0.25) is 4.79 Å². The largest absolute Gasteiger partial charge is 0.339 e. The van der Waals surface area contributed by atoms with Crippen molar-refractivity contribution in [2.24, 2.45) is 5.92 Å². The lowest BCUT2D eigenvalue weighted by Crippen LogP contribution is -2.30. The molecule has 0 saturated carbocycles. The second-order valence-electron chi connectivity index (χ2n) is 6.14. The molecule has 0 unspecified atom stereocenters. The van der Waals surface area contributed by atoms with Crippen LogP contribution >= 0.6 is 0 Å². The Bertz CT molecular complexity index is 522. The molecule has 0 aliphatic carbocycles. The zero-order valence-corrected chi connectivity index (χ0v) is 13.4. The Morgan fingerprint density at radius 2 is 1.95 bits per heavy atom. The first kappa shape index (κ1) is 16.3. The summed E-state index contributed by atoms with van der Waals surface area (Å²) in [6.07, 6.45) is 3.09. The molecule has 1 fully saturated rings. The summed E-state index contributed by atoms with van der Waals surface area (Å²) in [6, 6.07) is 6.90. The highest BCUT2D eigenvalue weighted by Crippen LogP contribution is 2.16. The van der Waals surface area contributed by atoms with E-state index in [2.05, 4.69) is 24.5 Å².